The molecule has 0 radical (unpaired) electrons. The van der Waals surface area contributed by atoms with Crippen LogP contribution in [-0.4, -0.2) is 38.3 Å². The van der Waals surface area contributed by atoms with Crippen LogP contribution in [0.2, 0.25) is 0 Å². The number of nitrogens with zero attached hydrogens (tertiary/aromatic N) is 3. The minimum absolute atomic E-state index is 0.0512. The van der Waals surface area contributed by atoms with Gasteiger partial charge in [-0.25, -0.2) is 13.2 Å². The molecule has 2 atom stereocenters. The Hall–Kier alpha value is -3.13. The summed E-state index contributed by atoms with van der Waals surface area (Å²) in [6, 6.07) is 7.28. The van der Waals surface area contributed by atoms with Crippen LogP contribution in [0.5, 0.6) is 0 Å². The van der Waals surface area contributed by atoms with E-state index in [9.17, 15) is 23.1 Å². The Labute approximate surface area is 176 Å². The van der Waals surface area contributed by atoms with E-state index in [-0.39, 0.29) is 17.9 Å². The Balaban J connectivity index is 1.70. The topological polar surface area (TPSA) is 58.4 Å². The number of benzene rings is 2. The molecule has 0 bridgehead atoms. The number of aromatic nitrogens is 2. The van der Waals surface area contributed by atoms with Crippen molar-refractivity contribution in [3.8, 4) is 11.3 Å². The number of amides is 1. The molecule has 2 aromatic carbocycles. The molecule has 1 aliphatic carbocycles. The summed E-state index contributed by atoms with van der Waals surface area (Å²) < 4.78 is 43.9. The number of carbonyl (C=O) groups excluding carboxylic acids is 1. The van der Waals surface area contributed by atoms with Crippen LogP contribution in [0.4, 0.5) is 13.2 Å². The SMILES string of the molecule is CC(=O)N1CCc2c(c(-c3cccc(F)c3)nn2[C@@H]2c3cc(F)cc(F)c3C[C@@H]2O)C1. The van der Waals surface area contributed by atoms with Crippen molar-refractivity contribution < 1.29 is 23.1 Å². The number of rotatable bonds is 2. The lowest BCUT2D eigenvalue weighted by Crippen LogP contribution is -2.35. The maximum atomic E-state index is 14.3. The summed E-state index contributed by atoms with van der Waals surface area (Å²) in [7, 11) is 0. The third-order valence-corrected chi connectivity index (χ3v) is 6.18. The first kappa shape index (κ1) is 19.8. The molecule has 0 spiro atoms. The van der Waals surface area contributed by atoms with Crippen LogP contribution in [0.3, 0.4) is 0 Å². The second kappa shape index (κ2) is 7.23. The van der Waals surface area contributed by atoms with Crippen molar-refractivity contribution in [2.45, 2.75) is 38.5 Å². The number of fused-ring (bicyclic) bond motifs is 2. The van der Waals surface area contributed by atoms with Crippen LogP contribution in [0.1, 0.15) is 35.3 Å². The summed E-state index contributed by atoms with van der Waals surface area (Å²) in [5, 5.41) is 15.5. The minimum Gasteiger partial charge on any atom is -0.390 e. The van der Waals surface area contributed by atoms with Crippen molar-refractivity contribution in [2.75, 3.05) is 6.54 Å². The van der Waals surface area contributed by atoms with Crippen LogP contribution >= 0.6 is 0 Å². The second-order valence-corrected chi connectivity index (χ2v) is 8.09. The summed E-state index contributed by atoms with van der Waals surface area (Å²) in [5.41, 5.74) is 3.20. The van der Waals surface area contributed by atoms with Gasteiger partial charge in [0.25, 0.3) is 0 Å². The van der Waals surface area contributed by atoms with Gasteiger partial charge in [0.2, 0.25) is 5.91 Å². The Kier molecular flexibility index (Phi) is 4.62. The molecule has 2 aliphatic rings. The molecule has 5 rings (SSSR count). The van der Waals surface area contributed by atoms with Crippen LogP contribution in [0, 0.1) is 17.5 Å². The highest BCUT2D eigenvalue weighted by Gasteiger charge is 2.39. The average Bonchev–Trinajstić information content (AvgIpc) is 3.25. The quantitative estimate of drug-likeness (QED) is 0.682. The van der Waals surface area contributed by atoms with Gasteiger partial charge in [-0.3, -0.25) is 9.48 Å². The Bertz CT molecular complexity index is 1210. The first-order valence-corrected chi connectivity index (χ1v) is 10.1. The van der Waals surface area contributed by atoms with Crippen molar-refractivity contribution in [2.24, 2.45) is 0 Å². The summed E-state index contributed by atoms with van der Waals surface area (Å²) in [4.78, 5) is 13.7. The molecule has 5 nitrogen and oxygen atoms in total. The van der Waals surface area contributed by atoms with Gasteiger partial charge in [0.1, 0.15) is 23.5 Å². The van der Waals surface area contributed by atoms with Gasteiger partial charge in [0.05, 0.1) is 11.8 Å². The standard InChI is InChI=1S/C23H20F3N3O2/c1-12(30)28-6-5-20-18(11-28)22(13-3-2-4-14(24)7-13)27-29(20)23-17-8-15(25)9-19(26)16(17)10-21(23)31/h2-4,7-9,21,23,31H,5-6,10-11H2,1H3/t21-,23+/m0/s1. The fraction of sp³-hybridized carbons (Fsp3) is 0.304. The second-order valence-electron chi connectivity index (χ2n) is 8.09. The third-order valence-electron chi connectivity index (χ3n) is 6.18. The van der Waals surface area contributed by atoms with Gasteiger partial charge in [0, 0.05) is 55.7 Å². The minimum atomic E-state index is -0.985. The predicted octanol–water partition coefficient (Wildman–Crippen LogP) is 3.38. The molecule has 8 heteroatoms. The van der Waals surface area contributed by atoms with Crippen molar-refractivity contribution in [3.05, 3.63) is 76.2 Å². The fourth-order valence-electron chi connectivity index (χ4n) is 4.74. The third kappa shape index (κ3) is 3.22. The molecular formula is C23H20F3N3O2. The van der Waals surface area contributed by atoms with E-state index in [0.717, 1.165) is 17.3 Å². The molecule has 160 valence electrons. The van der Waals surface area contributed by atoms with Gasteiger partial charge in [-0.1, -0.05) is 12.1 Å². The lowest BCUT2D eigenvalue weighted by molar-refractivity contribution is -0.129. The predicted molar refractivity (Wildman–Crippen MR) is 107 cm³/mol. The molecule has 0 saturated heterocycles. The van der Waals surface area contributed by atoms with Crippen LogP contribution < -0.4 is 0 Å². The highest BCUT2D eigenvalue weighted by atomic mass is 19.1. The lowest BCUT2D eigenvalue weighted by atomic mass is 10.00. The number of aliphatic hydroxyl groups is 1. The molecule has 0 unspecified atom stereocenters. The number of halogens is 3. The summed E-state index contributed by atoms with van der Waals surface area (Å²) in [5.74, 6) is -1.91. The van der Waals surface area contributed by atoms with E-state index in [0.29, 0.717) is 36.3 Å². The van der Waals surface area contributed by atoms with Gasteiger partial charge in [-0.15, -0.1) is 0 Å². The smallest absolute Gasteiger partial charge is 0.219 e. The summed E-state index contributed by atoms with van der Waals surface area (Å²) in [6.07, 6.45) is -0.468. The lowest BCUT2D eigenvalue weighted by Gasteiger charge is -2.28. The van der Waals surface area contributed by atoms with Gasteiger partial charge >= 0.3 is 0 Å². The van der Waals surface area contributed by atoms with E-state index >= 15 is 0 Å². The Morgan fingerprint density at radius 3 is 2.68 bits per heavy atom. The average molecular weight is 427 g/mol. The van der Waals surface area contributed by atoms with Crippen molar-refractivity contribution in [1.29, 1.82) is 0 Å². The molecule has 1 N–H and O–H groups in total. The summed E-state index contributed by atoms with van der Waals surface area (Å²) in [6.45, 7) is 2.24. The number of carbonyl (C=O) groups is 1. The number of hydrogen-bond acceptors (Lipinski definition) is 3. The van der Waals surface area contributed by atoms with E-state index in [1.165, 1.54) is 25.1 Å². The fourth-order valence-corrected chi connectivity index (χ4v) is 4.74. The maximum absolute atomic E-state index is 14.3. The van der Waals surface area contributed by atoms with E-state index in [1.54, 1.807) is 21.7 Å². The van der Waals surface area contributed by atoms with E-state index in [4.69, 9.17) is 5.10 Å². The largest absolute Gasteiger partial charge is 0.390 e. The molecule has 1 amide bonds. The van der Waals surface area contributed by atoms with Gasteiger partial charge in [-0.05, 0) is 29.3 Å². The molecule has 0 saturated carbocycles. The van der Waals surface area contributed by atoms with Gasteiger partial charge < -0.3 is 10.0 Å². The van der Waals surface area contributed by atoms with Crippen molar-refractivity contribution >= 4 is 5.91 Å². The zero-order valence-electron chi connectivity index (χ0n) is 16.8. The highest BCUT2D eigenvalue weighted by Crippen LogP contribution is 2.40. The van der Waals surface area contributed by atoms with E-state index < -0.39 is 29.6 Å². The van der Waals surface area contributed by atoms with E-state index in [2.05, 4.69) is 0 Å². The van der Waals surface area contributed by atoms with Crippen LogP contribution in [0.15, 0.2) is 36.4 Å². The molecular weight excluding hydrogens is 407 g/mol. The van der Waals surface area contributed by atoms with E-state index in [1.807, 2.05) is 0 Å². The molecule has 1 aromatic heterocycles. The maximum Gasteiger partial charge on any atom is 0.219 e. The zero-order chi connectivity index (χ0) is 21.9. The summed E-state index contributed by atoms with van der Waals surface area (Å²) >= 11 is 0. The zero-order valence-corrected chi connectivity index (χ0v) is 16.8. The van der Waals surface area contributed by atoms with Crippen molar-refractivity contribution in [1.82, 2.24) is 14.7 Å². The molecule has 2 heterocycles. The van der Waals surface area contributed by atoms with Crippen LogP contribution in [0.25, 0.3) is 11.3 Å². The first-order chi connectivity index (χ1) is 14.8. The highest BCUT2D eigenvalue weighted by molar-refractivity contribution is 5.74. The Morgan fingerprint density at radius 2 is 1.94 bits per heavy atom. The molecule has 31 heavy (non-hydrogen) atoms. The number of hydrogen-bond donors (Lipinski definition) is 1. The monoisotopic (exact) mass is 427 g/mol. The Morgan fingerprint density at radius 1 is 1.13 bits per heavy atom. The van der Waals surface area contributed by atoms with Crippen LogP contribution in [-0.2, 0) is 24.2 Å². The van der Waals surface area contributed by atoms with Gasteiger partial charge in [0.15, 0.2) is 0 Å². The number of aliphatic hydroxyl groups excluding tert-OH is 1. The molecule has 1 aliphatic heterocycles. The molecule has 3 aromatic rings. The van der Waals surface area contributed by atoms with Crippen molar-refractivity contribution in [3.63, 3.8) is 0 Å². The molecule has 0 fully saturated rings. The first-order valence-electron chi connectivity index (χ1n) is 10.1. The normalized spacial score (nSPS) is 20.0. The van der Waals surface area contributed by atoms with Gasteiger partial charge in [-0.2, -0.15) is 5.10 Å².